The van der Waals surface area contributed by atoms with Crippen LogP contribution >= 0.6 is 0 Å². The lowest BCUT2D eigenvalue weighted by molar-refractivity contribution is 0.562. The van der Waals surface area contributed by atoms with Crippen molar-refractivity contribution in [2.75, 3.05) is 24.5 Å². The van der Waals surface area contributed by atoms with Crippen molar-refractivity contribution in [3.8, 4) is 0 Å². The van der Waals surface area contributed by atoms with Crippen molar-refractivity contribution in [2.24, 2.45) is 0 Å². The summed E-state index contributed by atoms with van der Waals surface area (Å²) in [6.45, 7) is 11.9. The number of nitrogens with zero attached hydrogens (tertiary/aromatic N) is 4. The fourth-order valence-electron chi connectivity index (χ4n) is 2.98. The van der Waals surface area contributed by atoms with E-state index in [-0.39, 0.29) is 5.41 Å². The van der Waals surface area contributed by atoms with Crippen LogP contribution in [0.3, 0.4) is 0 Å². The van der Waals surface area contributed by atoms with Gasteiger partial charge in [-0.1, -0.05) is 20.8 Å². The van der Waals surface area contributed by atoms with E-state index in [1.54, 1.807) is 0 Å². The molecule has 2 aromatic heterocycles. The summed E-state index contributed by atoms with van der Waals surface area (Å²) in [6.07, 6.45) is 4.97. The molecule has 1 atom stereocenters. The Balaban J connectivity index is 2.06. The highest BCUT2D eigenvalue weighted by Gasteiger charge is 2.25. The Labute approximate surface area is 126 Å². The van der Waals surface area contributed by atoms with Crippen LogP contribution in [0.25, 0.3) is 5.52 Å². The minimum Gasteiger partial charge on any atom is -0.351 e. The Kier molecular flexibility index (Phi) is 3.61. The quantitative estimate of drug-likeness (QED) is 0.940. The third-order valence-corrected chi connectivity index (χ3v) is 4.23. The predicted octanol–water partition coefficient (Wildman–Crippen LogP) is 2.21. The molecule has 1 saturated heterocycles. The molecule has 21 heavy (non-hydrogen) atoms. The lowest BCUT2D eigenvalue weighted by Crippen LogP contribution is -2.37. The second-order valence-corrected chi connectivity index (χ2v) is 6.79. The van der Waals surface area contributed by atoms with E-state index < -0.39 is 0 Å². The van der Waals surface area contributed by atoms with Crippen LogP contribution in [-0.4, -0.2) is 40.3 Å². The van der Waals surface area contributed by atoms with Crippen LogP contribution in [0.5, 0.6) is 0 Å². The van der Waals surface area contributed by atoms with Gasteiger partial charge in [0.25, 0.3) is 0 Å². The molecule has 0 bridgehead atoms. The molecule has 0 aromatic carbocycles. The molecule has 114 valence electrons. The first-order valence-electron chi connectivity index (χ1n) is 7.83. The highest BCUT2D eigenvalue weighted by atomic mass is 15.3. The molecule has 5 nitrogen and oxygen atoms in total. The van der Waals surface area contributed by atoms with Crippen LogP contribution in [0.4, 0.5) is 5.82 Å². The van der Waals surface area contributed by atoms with Crippen molar-refractivity contribution in [3.05, 3.63) is 24.2 Å². The van der Waals surface area contributed by atoms with Gasteiger partial charge in [-0.15, -0.1) is 0 Å². The molecule has 0 aliphatic carbocycles. The van der Waals surface area contributed by atoms with Gasteiger partial charge in [-0.25, -0.2) is 9.50 Å². The third kappa shape index (κ3) is 2.62. The lowest BCUT2D eigenvalue weighted by Gasteiger charge is -2.28. The summed E-state index contributed by atoms with van der Waals surface area (Å²) < 4.78 is 1.97. The lowest BCUT2D eigenvalue weighted by atomic mass is 9.92. The number of fused-ring (bicyclic) bond motifs is 1. The molecule has 0 saturated carbocycles. The van der Waals surface area contributed by atoms with Crippen LogP contribution in [0.15, 0.2) is 18.5 Å². The highest BCUT2D eigenvalue weighted by Crippen LogP contribution is 2.27. The number of likely N-dealkylation sites (N-methyl/N-ethyl adjacent to an activating group) is 1. The van der Waals surface area contributed by atoms with E-state index in [2.05, 4.69) is 49.0 Å². The van der Waals surface area contributed by atoms with E-state index in [0.717, 1.165) is 36.7 Å². The maximum atomic E-state index is 4.72. The van der Waals surface area contributed by atoms with Crippen LogP contribution in [0, 0.1) is 0 Å². The zero-order chi connectivity index (χ0) is 15.0. The van der Waals surface area contributed by atoms with Crippen LogP contribution in [0.1, 0.15) is 39.8 Å². The predicted molar refractivity (Wildman–Crippen MR) is 86.0 cm³/mol. The number of hydrogen-bond donors (Lipinski definition) is 1. The largest absolute Gasteiger partial charge is 0.351 e. The molecule has 1 unspecified atom stereocenters. The zero-order valence-electron chi connectivity index (χ0n) is 13.4. The molecule has 1 aliphatic heterocycles. The van der Waals surface area contributed by atoms with E-state index in [1.165, 1.54) is 6.42 Å². The summed E-state index contributed by atoms with van der Waals surface area (Å²) in [6, 6.07) is 2.72. The molecule has 2 aromatic rings. The number of rotatable bonds is 3. The number of nitrogens with one attached hydrogen (secondary N) is 1. The van der Waals surface area contributed by atoms with Crippen molar-refractivity contribution in [2.45, 2.75) is 45.6 Å². The van der Waals surface area contributed by atoms with Crippen molar-refractivity contribution >= 4 is 11.3 Å². The van der Waals surface area contributed by atoms with Crippen molar-refractivity contribution in [1.82, 2.24) is 19.9 Å². The molecular formula is C16H25N5. The fraction of sp³-hybridized carbons (Fsp3) is 0.625. The van der Waals surface area contributed by atoms with E-state index in [0.29, 0.717) is 6.04 Å². The molecule has 0 spiro atoms. The van der Waals surface area contributed by atoms with E-state index in [9.17, 15) is 0 Å². The fourth-order valence-corrected chi connectivity index (χ4v) is 2.98. The number of anilines is 1. The first kappa shape index (κ1) is 14.3. The molecule has 1 aliphatic rings. The monoisotopic (exact) mass is 287 g/mol. The maximum Gasteiger partial charge on any atom is 0.154 e. The van der Waals surface area contributed by atoms with Gasteiger partial charge in [-0.3, -0.25) is 0 Å². The molecule has 1 fully saturated rings. The molecule has 0 amide bonds. The first-order valence-corrected chi connectivity index (χ1v) is 7.83. The molecular weight excluding hydrogens is 262 g/mol. The van der Waals surface area contributed by atoms with E-state index >= 15 is 0 Å². The highest BCUT2D eigenvalue weighted by molar-refractivity contribution is 5.70. The summed E-state index contributed by atoms with van der Waals surface area (Å²) in [5, 5.41) is 8.16. The number of hydrogen-bond acceptors (Lipinski definition) is 4. The molecule has 1 N–H and O–H groups in total. The Hall–Kier alpha value is -1.62. The Morgan fingerprint density at radius 1 is 1.43 bits per heavy atom. The maximum absolute atomic E-state index is 4.72. The van der Waals surface area contributed by atoms with Gasteiger partial charge in [-0.05, 0) is 26.0 Å². The summed E-state index contributed by atoms with van der Waals surface area (Å²) in [5.41, 5.74) is 2.27. The Morgan fingerprint density at radius 2 is 2.24 bits per heavy atom. The van der Waals surface area contributed by atoms with Gasteiger partial charge >= 0.3 is 0 Å². The normalized spacial score (nSPS) is 19.3. The summed E-state index contributed by atoms with van der Waals surface area (Å²) in [4.78, 5) is 7.06. The number of aromatic nitrogens is 3. The molecule has 3 heterocycles. The first-order chi connectivity index (χ1) is 10.0. The van der Waals surface area contributed by atoms with Crippen LogP contribution < -0.4 is 10.2 Å². The molecule has 0 radical (unpaired) electrons. The smallest absolute Gasteiger partial charge is 0.154 e. The van der Waals surface area contributed by atoms with Gasteiger partial charge in [0.15, 0.2) is 5.82 Å². The summed E-state index contributed by atoms with van der Waals surface area (Å²) in [5.74, 6) is 1.05. The summed E-state index contributed by atoms with van der Waals surface area (Å²) in [7, 11) is 0. The SMILES string of the molecule is CCN(c1nccn2nc(C(C)(C)C)cc12)C1CCNC1. The van der Waals surface area contributed by atoms with Crippen molar-refractivity contribution in [1.29, 1.82) is 0 Å². The average Bonchev–Trinajstić information content (AvgIpc) is 3.07. The van der Waals surface area contributed by atoms with Gasteiger partial charge in [-0.2, -0.15) is 5.10 Å². The minimum atomic E-state index is 0.0508. The van der Waals surface area contributed by atoms with Crippen LogP contribution in [0.2, 0.25) is 0 Å². The average molecular weight is 287 g/mol. The molecule has 3 rings (SSSR count). The summed E-state index contributed by atoms with van der Waals surface area (Å²) >= 11 is 0. The Morgan fingerprint density at radius 3 is 2.86 bits per heavy atom. The van der Waals surface area contributed by atoms with Gasteiger partial charge < -0.3 is 10.2 Å². The molecule has 5 heteroatoms. The van der Waals surface area contributed by atoms with E-state index in [1.807, 2.05) is 16.9 Å². The third-order valence-electron chi connectivity index (χ3n) is 4.23. The second kappa shape index (κ2) is 5.30. The van der Waals surface area contributed by atoms with Crippen molar-refractivity contribution in [3.63, 3.8) is 0 Å². The Bertz CT molecular complexity index is 619. The van der Waals surface area contributed by atoms with Gasteiger partial charge in [0, 0.05) is 36.9 Å². The van der Waals surface area contributed by atoms with Crippen molar-refractivity contribution < 1.29 is 0 Å². The van der Waals surface area contributed by atoms with Gasteiger partial charge in [0.2, 0.25) is 0 Å². The second-order valence-electron chi connectivity index (χ2n) is 6.79. The minimum absolute atomic E-state index is 0.0508. The van der Waals surface area contributed by atoms with Crippen LogP contribution in [-0.2, 0) is 5.41 Å². The topological polar surface area (TPSA) is 45.5 Å². The van der Waals surface area contributed by atoms with Gasteiger partial charge in [0.1, 0.15) is 5.52 Å². The van der Waals surface area contributed by atoms with E-state index in [4.69, 9.17) is 5.10 Å². The standard InChI is InChI=1S/C16H25N5/c1-5-20(12-6-7-17-11-12)15-13-10-14(16(2,3)4)19-21(13)9-8-18-15/h8-10,12,17H,5-7,11H2,1-4H3. The zero-order valence-corrected chi connectivity index (χ0v) is 13.4. The van der Waals surface area contributed by atoms with Gasteiger partial charge in [0.05, 0.1) is 5.69 Å².